The third-order valence-corrected chi connectivity index (χ3v) is 5.53. The number of anilines is 1. The second kappa shape index (κ2) is 5.50. The van der Waals surface area contributed by atoms with Gasteiger partial charge < -0.3 is 11.1 Å². The maximum absolute atomic E-state index is 12.3. The topological polar surface area (TPSA) is 72.9 Å². The standard InChI is InChI=1S/C14H16N4OS2/c1-8-10-11(15)12(21-14(10)18(2)17-8)13(19)16-6-5-9-4-3-7-20-9/h3-4,7H,5-6,15H2,1-2H3,(H,16,19). The highest BCUT2D eigenvalue weighted by atomic mass is 32.1. The van der Waals surface area contributed by atoms with Crippen LogP contribution in [0.4, 0.5) is 5.69 Å². The number of hydrogen-bond donors (Lipinski definition) is 2. The van der Waals surface area contributed by atoms with Crippen LogP contribution in [0.5, 0.6) is 0 Å². The Bertz CT molecular complexity index is 786. The van der Waals surface area contributed by atoms with E-state index in [2.05, 4.69) is 16.5 Å². The summed E-state index contributed by atoms with van der Waals surface area (Å²) in [5, 5.41) is 10.2. The summed E-state index contributed by atoms with van der Waals surface area (Å²) in [5.41, 5.74) is 7.52. The van der Waals surface area contributed by atoms with E-state index in [9.17, 15) is 4.79 Å². The number of rotatable bonds is 4. The van der Waals surface area contributed by atoms with Crippen LogP contribution in [0.15, 0.2) is 17.5 Å². The average molecular weight is 320 g/mol. The lowest BCUT2D eigenvalue weighted by Gasteiger charge is -2.03. The zero-order valence-electron chi connectivity index (χ0n) is 11.8. The summed E-state index contributed by atoms with van der Waals surface area (Å²) >= 11 is 3.09. The van der Waals surface area contributed by atoms with Crippen LogP contribution in [-0.2, 0) is 13.5 Å². The minimum Gasteiger partial charge on any atom is -0.397 e. The smallest absolute Gasteiger partial charge is 0.263 e. The summed E-state index contributed by atoms with van der Waals surface area (Å²) < 4.78 is 1.77. The Hall–Kier alpha value is -1.86. The van der Waals surface area contributed by atoms with Gasteiger partial charge in [0.25, 0.3) is 5.91 Å². The second-order valence-corrected chi connectivity index (χ2v) is 6.85. The monoisotopic (exact) mass is 320 g/mol. The van der Waals surface area contributed by atoms with Gasteiger partial charge in [-0.25, -0.2) is 0 Å². The van der Waals surface area contributed by atoms with E-state index in [0.717, 1.165) is 22.3 Å². The van der Waals surface area contributed by atoms with Crippen LogP contribution in [-0.4, -0.2) is 22.2 Å². The number of nitrogens with two attached hydrogens (primary N) is 1. The molecule has 3 aromatic heterocycles. The largest absolute Gasteiger partial charge is 0.397 e. The molecule has 3 aromatic rings. The van der Waals surface area contributed by atoms with Gasteiger partial charge in [-0.1, -0.05) is 6.07 Å². The number of nitrogen functional groups attached to an aromatic ring is 1. The Morgan fingerprint density at radius 1 is 1.52 bits per heavy atom. The zero-order valence-corrected chi connectivity index (χ0v) is 13.5. The van der Waals surface area contributed by atoms with Gasteiger partial charge in [-0.3, -0.25) is 9.48 Å². The molecule has 0 atom stereocenters. The molecule has 0 aliphatic rings. The van der Waals surface area contributed by atoms with Gasteiger partial charge in [0.1, 0.15) is 9.71 Å². The van der Waals surface area contributed by atoms with Crippen LogP contribution in [0.3, 0.4) is 0 Å². The summed E-state index contributed by atoms with van der Waals surface area (Å²) in [4.78, 5) is 15.1. The fourth-order valence-corrected chi connectivity index (χ4v) is 4.14. The molecule has 0 unspecified atom stereocenters. The maximum atomic E-state index is 12.3. The first-order valence-corrected chi connectivity index (χ1v) is 8.29. The van der Waals surface area contributed by atoms with Crippen molar-refractivity contribution < 1.29 is 4.79 Å². The van der Waals surface area contributed by atoms with Crippen molar-refractivity contribution in [3.63, 3.8) is 0 Å². The molecule has 0 radical (unpaired) electrons. The molecule has 0 saturated carbocycles. The predicted molar refractivity (Wildman–Crippen MR) is 88.1 cm³/mol. The van der Waals surface area contributed by atoms with E-state index in [-0.39, 0.29) is 5.91 Å². The molecule has 21 heavy (non-hydrogen) atoms. The number of fused-ring (bicyclic) bond motifs is 1. The van der Waals surface area contributed by atoms with E-state index in [1.807, 2.05) is 25.4 Å². The molecular formula is C14H16N4OS2. The lowest BCUT2D eigenvalue weighted by atomic mass is 10.2. The highest BCUT2D eigenvalue weighted by Gasteiger charge is 2.20. The van der Waals surface area contributed by atoms with E-state index in [1.54, 1.807) is 16.0 Å². The van der Waals surface area contributed by atoms with Crippen molar-refractivity contribution >= 4 is 44.5 Å². The number of carbonyl (C=O) groups is 1. The minimum absolute atomic E-state index is 0.107. The minimum atomic E-state index is -0.107. The molecular weight excluding hydrogens is 304 g/mol. The van der Waals surface area contributed by atoms with Crippen LogP contribution in [0.25, 0.3) is 10.2 Å². The molecule has 3 rings (SSSR count). The number of hydrogen-bond acceptors (Lipinski definition) is 5. The van der Waals surface area contributed by atoms with Crippen molar-refractivity contribution in [1.82, 2.24) is 15.1 Å². The quantitative estimate of drug-likeness (QED) is 0.776. The van der Waals surface area contributed by atoms with Crippen molar-refractivity contribution in [3.8, 4) is 0 Å². The number of aromatic nitrogens is 2. The van der Waals surface area contributed by atoms with Gasteiger partial charge >= 0.3 is 0 Å². The summed E-state index contributed by atoms with van der Waals surface area (Å²) in [6.07, 6.45) is 0.842. The van der Waals surface area contributed by atoms with Gasteiger partial charge in [-0.2, -0.15) is 5.10 Å². The molecule has 3 N–H and O–H groups in total. The molecule has 3 heterocycles. The van der Waals surface area contributed by atoms with Crippen LogP contribution in [0.1, 0.15) is 20.2 Å². The number of nitrogens with zero attached hydrogens (tertiary/aromatic N) is 2. The van der Waals surface area contributed by atoms with E-state index >= 15 is 0 Å². The van der Waals surface area contributed by atoms with Crippen LogP contribution in [0, 0.1) is 6.92 Å². The van der Waals surface area contributed by atoms with Crippen LogP contribution in [0.2, 0.25) is 0 Å². The molecule has 0 fully saturated rings. The molecule has 0 saturated heterocycles. The van der Waals surface area contributed by atoms with Crippen LogP contribution >= 0.6 is 22.7 Å². The number of carbonyl (C=O) groups excluding carboxylic acids is 1. The number of amides is 1. The summed E-state index contributed by atoms with van der Waals surface area (Å²) in [6, 6.07) is 4.08. The fraction of sp³-hybridized carbons (Fsp3) is 0.286. The Labute approximate surface area is 130 Å². The van der Waals surface area contributed by atoms with E-state index in [1.165, 1.54) is 16.2 Å². The maximum Gasteiger partial charge on any atom is 0.263 e. The molecule has 5 nitrogen and oxygen atoms in total. The van der Waals surface area contributed by atoms with Crippen molar-refractivity contribution in [2.24, 2.45) is 7.05 Å². The molecule has 110 valence electrons. The van der Waals surface area contributed by atoms with Gasteiger partial charge in [-0.15, -0.1) is 22.7 Å². The second-order valence-electron chi connectivity index (χ2n) is 4.82. The van der Waals surface area contributed by atoms with E-state index in [4.69, 9.17) is 5.73 Å². The fourth-order valence-electron chi connectivity index (χ4n) is 2.33. The first kappa shape index (κ1) is 14.1. The number of aryl methyl sites for hydroxylation is 2. The molecule has 0 aliphatic carbocycles. The molecule has 0 aromatic carbocycles. The van der Waals surface area contributed by atoms with Gasteiger partial charge in [-0.05, 0) is 24.8 Å². The Kier molecular flexibility index (Phi) is 3.69. The van der Waals surface area contributed by atoms with Crippen molar-refractivity contribution in [1.29, 1.82) is 0 Å². The van der Waals surface area contributed by atoms with Crippen molar-refractivity contribution in [2.75, 3.05) is 12.3 Å². The third kappa shape index (κ3) is 2.54. The molecule has 0 bridgehead atoms. The highest BCUT2D eigenvalue weighted by molar-refractivity contribution is 7.21. The number of nitrogens with one attached hydrogen (secondary N) is 1. The summed E-state index contributed by atoms with van der Waals surface area (Å²) in [7, 11) is 1.86. The first-order valence-electron chi connectivity index (χ1n) is 6.60. The Morgan fingerprint density at radius 2 is 2.33 bits per heavy atom. The SMILES string of the molecule is Cc1nn(C)c2sc(C(=O)NCCc3cccs3)c(N)c12. The van der Waals surface area contributed by atoms with Gasteiger partial charge in [0, 0.05) is 18.5 Å². The van der Waals surface area contributed by atoms with Crippen molar-refractivity contribution in [2.45, 2.75) is 13.3 Å². The molecule has 0 spiro atoms. The van der Waals surface area contributed by atoms with Crippen LogP contribution < -0.4 is 11.1 Å². The Morgan fingerprint density at radius 3 is 3.00 bits per heavy atom. The molecule has 7 heteroatoms. The lowest BCUT2D eigenvalue weighted by Crippen LogP contribution is -2.25. The lowest BCUT2D eigenvalue weighted by molar-refractivity contribution is 0.0959. The highest BCUT2D eigenvalue weighted by Crippen LogP contribution is 2.35. The predicted octanol–water partition coefficient (Wildman–Crippen LogP) is 2.56. The van der Waals surface area contributed by atoms with Crippen molar-refractivity contribution in [3.05, 3.63) is 33.0 Å². The normalized spacial score (nSPS) is 11.1. The average Bonchev–Trinajstić information content (AvgIpc) is 3.11. The van der Waals surface area contributed by atoms with Gasteiger partial charge in [0.05, 0.1) is 16.8 Å². The molecule has 1 amide bonds. The van der Waals surface area contributed by atoms with E-state index < -0.39 is 0 Å². The number of thiophene rings is 2. The molecule has 0 aliphatic heterocycles. The summed E-state index contributed by atoms with van der Waals surface area (Å²) in [5.74, 6) is -0.107. The van der Waals surface area contributed by atoms with Gasteiger partial charge in [0.15, 0.2) is 0 Å². The first-order chi connectivity index (χ1) is 10.1. The van der Waals surface area contributed by atoms with E-state index in [0.29, 0.717) is 17.1 Å². The summed E-state index contributed by atoms with van der Waals surface area (Å²) in [6.45, 7) is 2.52. The zero-order chi connectivity index (χ0) is 15.0. The Balaban J connectivity index is 1.75. The van der Waals surface area contributed by atoms with Gasteiger partial charge in [0.2, 0.25) is 0 Å². The third-order valence-electron chi connectivity index (χ3n) is 3.33.